The highest BCUT2D eigenvalue weighted by Crippen LogP contribution is 2.24. The molecule has 0 aliphatic rings. The molecular formula is C17H14N6. The van der Waals surface area contributed by atoms with E-state index in [9.17, 15) is 0 Å². The van der Waals surface area contributed by atoms with Crippen molar-refractivity contribution in [1.29, 1.82) is 0 Å². The third-order valence-electron chi connectivity index (χ3n) is 3.53. The molecule has 0 saturated heterocycles. The second kappa shape index (κ2) is 5.49. The van der Waals surface area contributed by atoms with E-state index in [2.05, 4.69) is 31.3 Å². The molecule has 0 spiro atoms. The van der Waals surface area contributed by atoms with Crippen LogP contribution in [0.1, 0.15) is 5.82 Å². The lowest BCUT2D eigenvalue weighted by atomic mass is 10.1. The van der Waals surface area contributed by atoms with Crippen molar-refractivity contribution in [1.82, 2.24) is 29.9 Å². The molecule has 23 heavy (non-hydrogen) atoms. The Morgan fingerprint density at radius 2 is 1.87 bits per heavy atom. The number of hydrogen-bond acceptors (Lipinski definition) is 4. The maximum atomic E-state index is 4.56. The SMILES string of the molecule is Cc1nc(-c2cccc(-c3ccn[nH]3)c2)cc(-n2cccn2)n1. The number of H-pyrrole nitrogens is 1. The van der Waals surface area contributed by atoms with Gasteiger partial charge < -0.3 is 0 Å². The summed E-state index contributed by atoms with van der Waals surface area (Å²) in [4.78, 5) is 9.01. The number of benzene rings is 1. The van der Waals surface area contributed by atoms with E-state index >= 15 is 0 Å². The van der Waals surface area contributed by atoms with Crippen molar-refractivity contribution in [2.24, 2.45) is 0 Å². The summed E-state index contributed by atoms with van der Waals surface area (Å²) >= 11 is 0. The third kappa shape index (κ3) is 2.62. The van der Waals surface area contributed by atoms with Crippen LogP contribution in [0.3, 0.4) is 0 Å². The molecule has 3 heterocycles. The van der Waals surface area contributed by atoms with Crippen LogP contribution in [0.25, 0.3) is 28.3 Å². The first-order chi connectivity index (χ1) is 11.3. The first-order valence-corrected chi connectivity index (χ1v) is 7.25. The zero-order valence-corrected chi connectivity index (χ0v) is 12.5. The Kier molecular flexibility index (Phi) is 3.20. The molecule has 1 N–H and O–H groups in total. The molecule has 0 radical (unpaired) electrons. The monoisotopic (exact) mass is 302 g/mol. The van der Waals surface area contributed by atoms with Crippen molar-refractivity contribution in [3.63, 3.8) is 0 Å². The molecule has 0 atom stereocenters. The Hall–Kier alpha value is -3.28. The van der Waals surface area contributed by atoms with E-state index in [-0.39, 0.29) is 0 Å². The van der Waals surface area contributed by atoms with Crippen molar-refractivity contribution in [2.45, 2.75) is 6.92 Å². The molecule has 4 aromatic rings. The second-order valence-corrected chi connectivity index (χ2v) is 5.16. The first kappa shape index (κ1) is 13.4. The van der Waals surface area contributed by atoms with Crippen molar-refractivity contribution >= 4 is 0 Å². The van der Waals surface area contributed by atoms with Gasteiger partial charge in [-0.25, -0.2) is 14.6 Å². The summed E-state index contributed by atoms with van der Waals surface area (Å²) in [6.45, 7) is 1.88. The van der Waals surface area contributed by atoms with Crippen LogP contribution >= 0.6 is 0 Å². The minimum absolute atomic E-state index is 0.708. The molecule has 6 heteroatoms. The summed E-state index contributed by atoms with van der Waals surface area (Å²) in [5.74, 6) is 1.46. The van der Waals surface area contributed by atoms with Gasteiger partial charge in [0.2, 0.25) is 0 Å². The van der Waals surface area contributed by atoms with Gasteiger partial charge in [-0.15, -0.1) is 0 Å². The quantitative estimate of drug-likeness (QED) is 0.631. The molecular weight excluding hydrogens is 288 g/mol. The highest BCUT2D eigenvalue weighted by atomic mass is 15.3. The van der Waals surface area contributed by atoms with E-state index in [0.717, 1.165) is 28.3 Å². The van der Waals surface area contributed by atoms with Crippen LogP contribution in [0.5, 0.6) is 0 Å². The van der Waals surface area contributed by atoms with E-state index < -0.39 is 0 Å². The van der Waals surface area contributed by atoms with E-state index in [1.807, 2.05) is 49.5 Å². The maximum absolute atomic E-state index is 4.56. The van der Waals surface area contributed by atoms with Crippen LogP contribution in [0.4, 0.5) is 0 Å². The molecule has 6 nitrogen and oxygen atoms in total. The van der Waals surface area contributed by atoms with Crippen LogP contribution in [-0.4, -0.2) is 29.9 Å². The summed E-state index contributed by atoms with van der Waals surface area (Å²) in [6.07, 6.45) is 5.34. The van der Waals surface area contributed by atoms with Gasteiger partial charge in [0.05, 0.1) is 11.4 Å². The smallest absolute Gasteiger partial charge is 0.157 e. The van der Waals surface area contributed by atoms with Crippen LogP contribution in [0.2, 0.25) is 0 Å². The number of hydrogen-bond donors (Lipinski definition) is 1. The third-order valence-corrected chi connectivity index (χ3v) is 3.53. The van der Waals surface area contributed by atoms with Gasteiger partial charge in [0.25, 0.3) is 0 Å². The number of aryl methyl sites for hydroxylation is 1. The van der Waals surface area contributed by atoms with Crippen molar-refractivity contribution in [2.75, 3.05) is 0 Å². The largest absolute Gasteiger partial charge is 0.278 e. The van der Waals surface area contributed by atoms with E-state index in [1.165, 1.54) is 0 Å². The van der Waals surface area contributed by atoms with Crippen molar-refractivity contribution < 1.29 is 0 Å². The van der Waals surface area contributed by atoms with Gasteiger partial charge in [0, 0.05) is 35.8 Å². The number of rotatable bonds is 3. The Balaban J connectivity index is 1.80. The predicted molar refractivity (Wildman–Crippen MR) is 86.9 cm³/mol. The lowest BCUT2D eigenvalue weighted by Gasteiger charge is -2.07. The average Bonchev–Trinajstić information content (AvgIpc) is 3.28. The lowest BCUT2D eigenvalue weighted by Crippen LogP contribution is -2.02. The minimum atomic E-state index is 0.708. The van der Waals surface area contributed by atoms with Gasteiger partial charge in [-0.05, 0) is 25.1 Å². The summed E-state index contributed by atoms with van der Waals surface area (Å²) in [5, 5.41) is 11.2. The average molecular weight is 302 g/mol. The molecule has 0 unspecified atom stereocenters. The highest BCUT2D eigenvalue weighted by Gasteiger charge is 2.08. The normalized spacial score (nSPS) is 10.8. The van der Waals surface area contributed by atoms with Crippen LogP contribution in [0.15, 0.2) is 61.1 Å². The summed E-state index contributed by atoms with van der Waals surface area (Å²) < 4.78 is 1.73. The fraction of sp³-hybridized carbons (Fsp3) is 0.0588. The van der Waals surface area contributed by atoms with Gasteiger partial charge in [-0.1, -0.05) is 18.2 Å². The number of nitrogens with zero attached hydrogens (tertiary/aromatic N) is 5. The van der Waals surface area contributed by atoms with Crippen molar-refractivity contribution in [3.8, 4) is 28.3 Å². The number of aromatic nitrogens is 6. The predicted octanol–water partition coefficient (Wildman–Crippen LogP) is 3.03. The van der Waals surface area contributed by atoms with Gasteiger partial charge in [-0.2, -0.15) is 10.2 Å². The highest BCUT2D eigenvalue weighted by molar-refractivity contribution is 5.69. The number of aromatic amines is 1. The van der Waals surface area contributed by atoms with Crippen molar-refractivity contribution in [3.05, 3.63) is 66.9 Å². The van der Waals surface area contributed by atoms with E-state index in [4.69, 9.17) is 0 Å². The topological polar surface area (TPSA) is 72.3 Å². The summed E-state index contributed by atoms with van der Waals surface area (Å²) in [5.41, 5.74) is 3.93. The van der Waals surface area contributed by atoms with Crippen LogP contribution in [0, 0.1) is 6.92 Å². The molecule has 4 rings (SSSR count). The zero-order chi connectivity index (χ0) is 15.6. The molecule has 0 bridgehead atoms. The van der Waals surface area contributed by atoms with Crippen LogP contribution in [-0.2, 0) is 0 Å². The minimum Gasteiger partial charge on any atom is -0.278 e. The summed E-state index contributed by atoms with van der Waals surface area (Å²) in [6, 6.07) is 13.9. The molecule has 0 saturated carbocycles. The van der Waals surface area contributed by atoms with E-state index in [0.29, 0.717) is 5.82 Å². The van der Waals surface area contributed by atoms with Gasteiger partial charge >= 0.3 is 0 Å². The van der Waals surface area contributed by atoms with Gasteiger partial charge in [-0.3, -0.25) is 5.10 Å². The first-order valence-electron chi connectivity index (χ1n) is 7.25. The Labute approximate surface area is 132 Å². The van der Waals surface area contributed by atoms with E-state index in [1.54, 1.807) is 17.1 Å². The fourth-order valence-corrected chi connectivity index (χ4v) is 2.48. The fourth-order valence-electron chi connectivity index (χ4n) is 2.48. The molecule has 0 aliphatic carbocycles. The Morgan fingerprint density at radius 1 is 0.957 bits per heavy atom. The Bertz CT molecular complexity index is 926. The molecule has 0 aliphatic heterocycles. The van der Waals surface area contributed by atoms with Crippen LogP contribution < -0.4 is 0 Å². The second-order valence-electron chi connectivity index (χ2n) is 5.16. The molecule has 0 amide bonds. The Morgan fingerprint density at radius 3 is 2.65 bits per heavy atom. The molecule has 3 aromatic heterocycles. The molecule has 112 valence electrons. The maximum Gasteiger partial charge on any atom is 0.157 e. The lowest BCUT2D eigenvalue weighted by molar-refractivity contribution is 0.829. The van der Waals surface area contributed by atoms with Gasteiger partial charge in [0.15, 0.2) is 5.82 Å². The molecule has 1 aromatic carbocycles. The molecule has 0 fully saturated rings. The summed E-state index contributed by atoms with van der Waals surface area (Å²) in [7, 11) is 0. The zero-order valence-electron chi connectivity index (χ0n) is 12.5. The standard InChI is InChI=1S/C17H14N6/c1-12-20-16(11-17(21-12)23-9-3-7-19-23)14-5-2-4-13(10-14)15-6-8-18-22-15/h2-11H,1H3,(H,18,22). The van der Waals surface area contributed by atoms with Gasteiger partial charge in [0.1, 0.15) is 5.82 Å². The number of nitrogens with one attached hydrogen (secondary N) is 1.